The fraction of sp³-hybridized carbons (Fsp3) is 0.700. The van der Waals surface area contributed by atoms with Crippen molar-refractivity contribution in [3.63, 3.8) is 0 Å². The minimum Gasteiger partial charge on any atom is -0.390 e. The highest BCUT2D eigenvalue weighted by molar-refractivity contribution is 5.09. The molecule has 14 heavy (non-hydrogen) atoms. The SMILES string of the molecule is CN1CCCCC1c1cc(CO)no1. The summed E-state index contributed by atoms with van der Waals surface area (Å²) < 4.78 is 5.21. The van der Waals surface area contributed by atoms with Gasteiger partial charge in [0.25, 0.3) is 0 Å². The first-order valence-corrected chi connectivity index (χ1v) is 5.08. The second kappa shape index (κ2) is 4.11. The molecular weight excluding hydrogens is 180 g/mol. The minimum atomic E-state index is -0.0417. The van der Waals surface area contributed by atoms with Crippen LogP contribution in [0.1, 0.15) is 36.8 Å². The molecule has 1 aliphatic rings. The third-order valence-corrected chi connectivity index (χ3v) is 2.84. The molecule has 4 nitrogen and oxygen atoms in total. The molecule has 0 amide bonds. The lowest BCUT2D eigenvalue weighted by atomic mass is 10.0. The molecule has 78 valence electrons. The molecule has 0 bridgehead atoms. The minimum absolute atomic E-state index is 0.0417. The number of rotatable bonds is 2. The van der Waals surface area contributed by atoms with Gasteiger partial charge in [-0.25, -0.2) is 0 Å². The molecule has 0 radical (unpaired) electrons. The summed E-state index contributed by atoms with van der Waals surface area (Å²) in [5.74, 6) is 0.885. The van der Waals surface area contributed by atoms with E-state index in [0.717, 1.165) is 18.7 Å². The highest BCUT2D eigenvalue weighted by Crippen LogP contribution is 2.29. The van der Waals surface area contributed by atoms with E-state index in [9.17, 15) is 0 Å². The normalized spacial score (nSPS) is 24.0. The fourth-order valence-corrected chi connectivity index (χ4v) is 1.99. The molecule has 0 saturated carbocycles. The van der Waals surface area contributed by atoms with Crippen LogP contribution in [0.3, 0.4) is 0 Å². The topological polar surface area (TPSA) is 49.5 Å². The second-order valence-electron chi connectivity index (χ2n) is 3.87. The highest BCUT2D eigenvalue weighted by atomic mass is 16.5. The maximum absolute atomic E-state index is 8.88. The molecule has 1 aromatic rings. The summed E-state index contributed by atoms with van der Waals surface area (Å²) in [6.07, 6.45) is 3.62. The number of likely N-dealkylation sites (tertiary alicyclic amines) is 1. The Morgan fingerprint density at radius 3 is 3.14 bits per heavy atom. The predicted octanol–water partition coefficient (Wildman–Crippen LogP) is 1.32. The summed E-state index contributed by atoms with van der Waals surface area (Å²) in [7, 11) is 2.10. The van der Waals surface area contributed by atoms with Crippen molar-refractivity contribution in [1.82, 2.24) is 10.1 Å². The number of hydrogen-bond donors (Lipinski definition) is 1. The van der Waals surface area contributed by atoms with Gasteiger partial charge < -0.3 is 9.63 Å². The zero-order chi connectivity index (χ0) is 9.97. The van der Waals surface area contributed by atoms with Gasteiger partial charge in [0.2, 0.25) is 0 Å². The van der Waals surface area contributed by atoms with Crippen LogP contribution in [0, 0.1) is 0 Å². The van der Waals surface area contributed by atoms with Crippen LogP contribution in [0.2, 0.25) is 0 Å². The van der Waals surface area contributed by atoms with Crippen LogP contribution in [-0.2, 0) is 6.61 Å². The van der Waals surface area contributed by atoms with Gasteiger partial charge in [-0.3, -0.25) is 4.90 Å². The molecule has 2 rings (SSSR count). The monoisotopic (exact) mass is 196 g/mol. The van der Waals surface area contributed by atoms with Gasteiger partial charge in [-0.1, -0.05) is 11.6 Å². The Morgan fingerprint density at radius 1 is 1.64 bits per heavy atom. The van der Waals surface area contributed by atoms with Crippen LogP contribution in [-0.4, -0.2) is 28.8 Å². The number of aliphatic hydroxyl groups excluding tert-OH is 1. The lowest BCUT2D eigenvalue weighted by Gasteiger charge is -2.30. The average Bonchev–Trinajstić information content (AvgIpc) is 2.67. The summed E-state index contributed by atoms with van der Waals surface area (Å²) >= 11 is 0. The van der Waals surface area contributed by atoms with E-state index in [2.05, 4.69) is 17.1 Å². The average molecular weight is 196 g/mol. The smallest absolute Gasteiger partial charge is 0.154 e. The van der Waals surface area contributed by atoms with Crippen LogP contribution in [0.15, 0.2) is 10.6 Å². The largest absolute Gasteiger partial charge is 0.390 e. The Kier molecular flexibility index (Phi) is 2.84. The van der Waals surface area contributed by atoms with E-state index >= 15 is 0 Å². The van der Waals surface area contributed by atoms with Crippen LogP contribution in [0.5, 0.6) is 0 Å². The van der Waals surface area contributed by atoms with Gasteiger partial charge in [0.15, 0.2) is 5.76 Å². The molecule has 0 spiro atoms. The lowest BCUT2D eigenvalue weighted by molar-refractivity contribution is 0.154. The second-order valence-corrected chi connectivity index (χ2v) is 3.87. The van der Waals surface area contributed by atoms with E-state index in [1.165, 1.54) is 12.8 Å². The van der Waals surface area contributed by atoms with Crippen LogP contribution < -0.4 is 0 Å². The van der Waals surface area contributed by atoms with Gasteiger partial charge in [0, 0.05) is 6.07 Å². The van der Waals surface area contributed by atoms with E-state index in [4.69, 9.17) is 9.63 Å². The van der Waals surface area contributed by atoms with E-state index in [1.807, 2.05) is 6.07 Å². The maximum Gasteiger partial charge on any atom is 0.154 e. The van der Waals surface area contributed by atoms with E-state index in [1.54, 1.807) is 0 Å². The van der Waals surface area contributed by atoms with Crippen molar-refractivity contribution in [2.45, 2.75) is 31.9 Å². The molecule has 0 aliphatic carbocycles. The predicted molar refractivity (Wildman–Crippen MR) is 51.6 cm³/mol. The molecule has 1 aliphatic heterocycles. The Labute approximate surface area is 83.5 Å². The third kappa shape index (κ3) is 1.81. The first-order valence-electron chi connectivity index (χ1n) is 5.08. The number of hydrogen-bond acceptors (Lipinski definition) is 4. The van der Waals surface area contributed by atoms with Gasteiger partial charge in [-0.15, -0.1) is 0 Å². The van der Waals surface area contributed by atoms with Crippen molar-refractivity contribution in [2.75, 3.05) is 13.6 Å². The van der Waals surface area contributed by atoms with E-state index < -0.39 is 0 Å². The molecular formula is C10H16N2O2. The van der Waals surface area contributed by atoms with Gasteiger partial charge in [0.05, 0.1) is 12.6 Å². The summed E-state index contributed by atoms with van der Waals surface area (Å²) in [5.41, 5.74) is 0.624. The van der Waals surface area contributed by atoms with Gasteiger partial charge in [-0.05, 0) is 26.4 Å². The zero-order valence-corrected chi connectivity index (χ0v) is 8.44. The molecule has 1 saturated heterocycles. The van der Waals surface area contributed by atoms with Crippen molar-refractivity contribution in [3.8, 4) is 0 Å². The van der Waals surface area contributed by atoms with Crippen molar-refractivity contribution in [1.29, 1.82) is 0 Å². The Bertz CT molecular complexity index is 298. The maximum atomic E-state index is 8.88. The quantitative estimate of drug-likeness (QED) is 0.775. The van der Waals surface area contributed by atoms with Crippen molar-refractivity contribution in [2.24, 2.45) is 0 Å². The first kappa shape index (κ1) is 9.68. The summed E-state index contributed by atoms with van der Waals surface area (Å²) in [4.78, 5) is 2.28. The molecule has 2 heterocycles. The van der Waals surface area contributed by atoms with Gasteiger partial charge >= 0.3 is 0 Å². The fourth-order valence-electron chi connectivity index (χ4n) is 1.99. The lowest BCUT2D eigenvalue weighted by Crippen LogP contribution is -2.29. The van der Waals surface area contributed by atoms with Crippen molar-refractivity contribution >= 4 is 0 Å². The number of aromatic nitrogens is 1. The molecule has 1 N–H and O–H groups in total. The molecule has 0 aromatic carbocycles. The molecule has 1 fully saturated rings. The molecule has 4 heteroatoms. The Morgan fingerprint density at radius 2 is 2.50 bits per heavy atom. The Hall–Kier alpha value is -0.870. The standard InChI is InChI=1S/C10H16N2O2/c1-12-5-3-2-4-9(12)10-6-8(7-13)11-14-10/h6,9,13H,2-5,7H2,1H3. The van der Waals surface area contributed by atoms with E-state index in [-0.39, 0.29) is 6.61 Å². The summed E-state index contributed by atoms with van der Waals surface area (Å²) in [5, 5.41) is 12.7. The van der Waals surface area contributed by atoms with Crippen LogP contribution >= 0.6 is 0 Å². The van der Waals surface area contributed by atoms with E-state index in [0.29, 0.717) is 11.7 Å². The van der Waals surface area contributed by atoms with Crippen molar-refractivity contribution in [3.05, 3.63) is 17.5 Å². The molecule has 1 aromatic heterocycles. The van der Waals surface area contributed by atoms with Crippen molar-refractivity contribution < 1.29 is 9.63 Å². The van der Waals surface area contributed by atoms with Gasteiger partial charge in [0.1, 0.15) is 5.69 Å². The number of aliphatic hydroxyl groups is 1. The highest BCUT2D eigenvalue weighted by Gasteiger charge is 2.24. The van der Waals surface area contributed by atoms with Crippen LogP contribution in [0.4, 0.5) is 0 Å². The zero-order valence-electron chi connectivity index (χ0n) is 8.44. The number of piperidine rings is 1. The molecule has 1 atom stereocenters. The Balaban J connectivity index is 2.12. The van der Waals surface area contributed by atoms with Crippen LogP contribution in [0.25, 0.3) is 0 Å². The third-order valence-electron chi connectivity index (χ3n) is 2.84. The summed E-state index contributed by atoms with van der Waals surface area (Å²) in [6, 6.07) is 2.20. The molecule has 1 unspecified atom stereocenters. The first-order chi connectivity index (χ1) is 6.81. The summed E-state index contributed by atoms with van der Waals surface area (Å²) in [6.45, 7) is 1.07. The number of nitrogens with zero attached hydrogens (tertiary/aromatic N) is 2. The van der Waals surface area contributed by atoms with Gasteiger partial charge in [-0.2, -0.15) is 0 Å².